The maximum absolute atomic E-state index is 12.3. The summed E-state index contributed by atoms with van der Waals surface area (Å²) in [5.74, 6) is -0.438. The topological polar surface area (TPSA) is 57.6 Å². The third-order valence-corrected chi connectivity index (χ3v) is 4.41. The fraction of sp³-hybridized carbons (Fsp3) is 0.571. The van der Waals surface area contributed by atoms with Crippen molar-refractivity contribution in [2.24, 2.45) is 23.7 Å². The Morgan fingerprint density at radius 3 is 2.06 bits per heavy atom. The Kier molecular flexibility index (Phi) is 2.45. The predicted molar refractivity (Wildman–Crippen MR) is 65.3 cm³/mol. The number of allylic oxidation sites excluding steroid dienone is 4. The van der Waals surface area contributed by atoms with Gasteiger partial charge < -0.3 is 5.11 Å². The first-order valence-corrected chi connectivity index (χ1v) is 6.39. The van der Waals surface area contributed by atoms with Gasteiger partial charge in [0.15, 0.2) is 0 Å². The monoisotopic (exact) mass is 247 g/mol. The average molecular weight is 247 g/mol. The molecule has 2 fully saturated rings. The Labute approximate surface area is 106 Å². The highest BCUT2D eigenvalue weighted by Gasteiger charge is 2.61. The van der Waals surface area contributed by atoms with Gasteiger partial charge in [-0.1, -0.05) is 23.3 Å². The highest BCUT2D eigenvalue weighted by atomic mass is 16.3. The number of imide groups is 1. The number of aliphatic hydroxyl groups is 1. The van der Waals surface area contributed by atoms with Crippen LogP contribution in [0.1, 0.15) is 13.8 Å². The number of amides is 2. The molecule has 0 aromatic carbocycles. The smallest absolute Gasteiger partial charge is 0.234 e. The summed E-state index contributed by atoms with van der Waals surface area (Å²) in [6, 6.07) is 0. The fourth-order valence-corrected chi connectivity index (χ4v) is 3.81. The maximum Gasteiger partial charge on any atom is 0.234 e. The van der Waals surface area contributed by atoms with Crippen LogP contribution in [0.15, 0.2) is 23.3 Å². The van der Waals surface area contributed by atoms with E-state index in [4.69, 9.17) is 5.11 Å². The number of hydrogen-bond acceptors (Lipinski definition) is 3. The van der Waals surface area contributed by atoms with Gasteiger partial charge in [-0.15, -0.1) is 0 Å². The van der Waals surface area contributed by atoms with Gasteiger partial charge in [0.1, 0.15) is 0 Å². The lowest BCUT2D eigenvalue weighted by Gasteiger charge is -2.18. The zero-order valence-corrected chi connectivity index (χ0v) is 10.6. The first kappa shape index (κ1) is 11.7. The number of hydrogen-bond donors (Lipinski definition) is 1. The van der Waals surface area contributed by atoms with Crippen LogP contribution in [-0.2, 0) is 9.59 Å². The van der Waals surface area contributed by atoms with Crippen molar-refractivity contribution in [3.05, 3.63) is 23.3 Å². The van der Waals surface area contributed by atoms with Crippen LogP contribution in [0, 0.1) is 23.7 Å². The first-order valence-electron chi connectivity index (χ1n) is 6.39. The summed E-state index contributed by atoms with van der Waals surface area (Å²) in [6.07, 6.45) is 4.14. The third kappa shape index (κ3) is 1.24. The number of likely N-dealkylation sites (tertiary alicyclic amines) is 1. The molecule has 2 amide bonds. The minimum absolute atomic E-state index is 0.102. The molecule has 0 unspecified atom stereocenters. The molecule has 3 rings (SSSR count). The number of nitrogens with zero attached hydrogens (tertiary/aromatic N) is 1. The molecule has 0 radical (unpaired) electrons. The van der Waals surface area contributed by atoms with Crippen molar-refractivity contribution in [2.75, 3.05) is 13.2 Å². The number of β-amino-alcohol motifs (C(OH)–C–C–N with tert-alkyl or cyclic N) is 1. The highest BCUT2D eigenvalue weighted by Crippen LogP contribution is 2.56. The molecular formula is C14H17NO3. The molecule has 0 aromatic heterocycles. The van der Waals surface area contributed by atoms with Crippen molar-refractivity contribution in [3.63, 3.8) is 0 Å². The summed E-state index contributed by atoms with van der Waals surface area (Å²) < 4.78 is 0. The van der Waals surface area contributed by atoms with Crippen LogP contribution in [0.3, 0.4) is 0 Å². The molecule has 3 aliphatic rings. The molecule has 2 bridgehead atoms. The second kappa shape index (κ2) is 3.79. The van der Waals surface area contributed by atoms with Crippen LogP contribution < -0.4 is 0 Å². The highest BCUT2D eigenvalue weighted by molar-refractivity contribution is 6.07. The molecule has 1 heterocycles. The van der Waals surface area contributed by atoms with E-state index in [-0.39, 0.29) is 48.6 Å². The van der Waals surface area contributed by atoms with Crippen molar-refractivity contribution < 1.29 is 14.7 Å². The molecule has 18 heavy (non-hydrogen) atoms. The molecule has 4 heteroatoms. The Morgan fingerprint density at radius 1 is 1.17 bits per heavy atom. The number of carbonyl (C=O) groups is 2. The molecule has 1 saturated heterocycles. The van der Waals surface area contributed by atoms with E-state index in [2.05, 4.69) is 12.2 Å². The second-order valence-electron chi connectivity index (χ2n) is 5.50. The number of rotatable bonds is 2. The maximum atomic E-state index is 12.3. The second-order valence-corrected chi connectivity index (χ2v) is 5.50. The molecule has 0 spiro atoms. The van der Waals surface area contributed by atoms with E-state index in [1.54, 1.807) is 0 Å². The summed E-state index contributed by atoms with van der Waals surface area (Å²) in [5, 5.41) is 8.94. The summed E-state index contributed by atoms with van der Waals surface area (Å²) in [6.45, 7) is 4.07. The van der Waals surface area contributed by atoms with E-state index < -0.39 is 0 Å². The Bertz CT molecular complexity index is 453. The molecule has 1 saturated carbocycles. The first-order chi connectivity index (χ1) is 8.57. The van der Waals surface area contributed by atoms with Crippen LogP contribution >= 0.6 is 0 Å². The van der Waals surface area contributed by atoms with Crippen molar-refractivity contribution in [2.45, 2.75) is 13.8 Å². The third-order valence-electron chi connectivity index (χ3n) is 4.41. The van der Waals surface area contributed by atoms with E-state index in [1.807, 2.05) is 13.8 Å². The van der Waals surface area contributed by atoms with Gasteiger partial charge in [0.05, 0.1) is 25.0 Å². The SMILES string of the molecule is CC(C)=C1[C@H]2C=C[C@@H]1[C@H]1C(=O)N(CCO)C(=O)[C@@H]12. The zero-order chi connectivity index (χ0) is 13.0. The predicted octanol–water partition coefficient (Wildman–Crippen LogP) is 0.732. The average Bonchev–Trinajstić information content (AvgIpc) is 2.95. The standard InChI is InChI=1S/C14H17NO3/c1-7(2)10-8-3-4-9(10)12-11(8)13(17)15(5-6-16)14(12)18/h3-4,8-9,11-12,16H,5-6H2,1-2H3/t8-,9+,11-,12-/m1/s1. The van der Waals surface area contributed by atoms with Crippen LogP contribution in [-0.4, -0.2) is 35.0 Å². The number of carbonyl (C=O) groups excluding carboxylic acids is 2. The van der Waals surface area contributed by atoms with Gasteiger partial charge in [-0.3, -0.25) is 14.5 Å². The normalized spacial score (nSPS) is 36.8. The lowest BCUT2D eigenvalue weighted by Crippen LogP contribution is -2.35. The van der Waals surface area contributed by atoms with Crippen molar-refractivity contribution in [1.29, 1.82) is 0 Å². The zero-order valence-electron chi connectivity index (χ0n) is 10.6. The van der Waals surface area contributed by atoms with Crippen molar-refractivity contribution >= 4 is 11.8 Å². The Balaban J connectivity index is 2.01. The fourth-order valence-electron chi connectivity index (χ4n) is 3.81. The molecule has 1 N–H and O–H groups in total. The van der Waals surface area contributed by atoms with Crippen molar-refractivity contribution in [3.8, 4) is 0 Å². The molecule has 0 aromatic rings. The van der Waals surface area contributed by atoms with Gasteiger partial charge in [-0.25, -0.2) is 0 Å². The minimum Gasteiger partial charge on any atom is -0.395 e. The van der Waals surface area contributed by atoms with Gasteiger partial charge in [-0.2, -0.15) is 0 Å². The number of aliphatic hydroxyl groups excluding tert-OH is 1. The largest absolute Gasteiger partial charge is 0.395 e. The van der Waals surface area contributed by atoms with Crippen molar-refractivity contribution in [1.82, 2.24) is 4.90 Å². The lowest BCUT2D eigenvalue weighted by molar-refractivity contribution is -0.141. The molecular weight excluding hydrogens is 230 g/mol. The van der Waals surface area contributed by atoms with Crippen LogP contribution in [0.4, 0.5) is 0 Å². The van der Waals surface area contributed by atoms with Gasteiger partial charge in [0.2, 0.25) is 11.8 Å². The Morgan fingerprint density at radius 2 is 1.67 bits per heavy atom. The lowest BCUT2D eigenvalue weighted by atomic mass is 9.85. The summed E-state index contributed by atoms with van der Waals surface area (Å²) >= 11 is 0. The molecule has 1 aliphatic heterocycles. The summed E-state index contributed by atoms with van der Waals surface area (Å²) in [7, 11) is 0. The van der Waals surface area contributed by atoms with Crippen LogP contribution in [0.5, 0.6) is 0 Å². The van der Waals surface area contributed by atoms with E-state index in [1.165, 1.54) is 16.0 Å². The molecule has 4 atom stereocenters. The van der Waals surface area contributed by atoms with Gasteiger partial charge in [-0.05, 0) is 13.8 Å². The summed E-state index contributed by atoms with van der Waals surface area (Å²) in [4.78, 5) is 25.8. The molecule has 2 aliphatic carbocycles. The van der Waals surface area contributed by atoms with Gasteiger partial charge >= 0.3 is 0 Å². The van der Waals surface area contributed by atoms with Gasteiger partial charge in [0, 0.05) is 11.8 Å². The van der Waals surface area contributed by atoms with E-state index in [9.17, 15) is 9.59 Å². The molecule has 4 nitrogen and oxygen atoms in total. The van der Waals surface area contributed by atoms with Crippen LogP contribution in [0.25, 0.3) is 0 Å². The van der Waals surface area contributed by atoms with E-state index in [0.717, 1.165) is 0 Å². The minimum atomic E-state index is -0.219. The quantitative estimate of drug-likeness (QED) is 0.578. The summed E-state index contributed by atoms with van der Waals surface area (Å²) in [5.41, 5.74) is 2.48. The Hall–Kier alpha value is -1.42. The number of fused-ring (bicyclic) bond motifs is 5. The van der Waals surface area contributed by atoms with Gasteiger partial charge in [0.25, 0.3) is 0 Å². The van der Waals surface area contributed by atoms with Crippen LogP contribution in [0.2, 0.25) is 0 Å². The molecule has 96 valence electrons. The van der Waals surface area contributed by atoms with E-state index >= 15 is 0 Å². The van der Waals surface area contributed by atoms with E-state index in [0.29, 0.717) is 0 Å².